The van der Waals surface area contributed by atoms with E-state index in [1.54, 1.807) is 0 Å². The molecule has 0 saturated carbocycles. The molecule has 112 valence electrons. The summed E-state index contributed by atoms with van der Waals surface area (Å²) in [5.41, 5.74) is 5.26. The highest BCUT2D eigenvalue weighted by atomic mass is 32.2. The van der Waals surface area contributed by atoms with E-state index in [2.05, 4.69) is 9.62 Å². The maximum absolute atomic E-state index is 11.9. The van der Waals surface area contributed by atoms with Gasteiger partial charge in [-0.25, -0.2) is 0 Å². The third-order valence-corrected chi connectivity index (χ3v) is 4.87. The van der Waals surface area contributed by atoms with Crippen molar-refractivity contribution in [3.63, 3.8) is 0 Å². The number of nitrogens with zero attached hydrogens (tertiary/aromatic N) is 2. The van der Waals surface area contributed by atoms with Gasteiger partial charge in [0.1, 0.15) is 6.04 Å². The van der Waals surface area contributed by atoms with Crippen LogP contribution in [-0.4, -0.2) is 74.5 Å². The van der Waals surface area contributed by atoms with Gasteiger partial charge in [-0.05, 0) is 26.9 Å². The zero-order valence-electron chi connectivity index (χ0n) is 11.2. The van der Waals surface area contributed by atoms with E-state index in [1.807, 2.05) is 14.1 Å². The van der Waals surface area contributed by atoms with Crippen LogP contribution in [0.5, 0.6) is 0 Å². The number of nitrogens with two attached hydrogens (primary N) is 1. The molecule has 1 rings (SSSR count). The molecule has 0 aliphatic carbocycles. The molecule has 0 aromatic carbocycles. The van der Waals surface area contributed by atoms with Crippen molar-refractivity contribution in [3.05, 3.63) is 0 Å². The van der Waals surface area contributed by atoms with Crippen molar-refractivity contribution in [2.24, 2.45) is 5.73 Å². The predicted octanol–water partition coefficient (Wildman–Crippen LogP) is -1.74. The monoisotopic (exact) mass is 294 g/mol. The van der Waals surface area contributed by atoms with Crippen LogP contribution >= 0.6 is 0 Å². The Morgan fingerprint density at radius 3 is 2.42 bits per heavy atom. The van der Waals surface area contributed by atoms with Crippen molar-refractivity contribution < 1.29 is 18.3 Å². The molecule has 4 N–H and O–H groups in total. The Bertz CT molecular complexity index is 404. The van der Waals surface area contributed by atoms with Crippen LogP contribution in [0, 0.1) is 0 Å². The molecule has 1 aliphatic rings. The molecule has 0 radical (unpaired) electrons. The van der Waals surface area contributed by atoms with Crippen molar-refractivity contribution >= 4 is 16.2 Å². The zero-order valence-corrected chi connectivity index (χ0v) is 12.1. The summed E-state index contributed by atoms with van der Waals surface area (Å²) in [5.74, 6) is -1.23. The Kier molecular flexibility index (Phi) is 5.68. The van der Waals surface area contributed by atoms with Crippen LogP contribution < -0.4 is 10.5 Å². The Labute approximate surface area is 113 Å². The molecule has 1 unspecified atom stereocenters. The van der Waals surface area contributed by atoms with Gasteiger partial charge in [-0.1, -0.05) is 0 Å². The first-order chi connectivity index (χ1) is 8.74. The number of carboxylic acid groups (broad SMARTS) is 1. The molecule has 8 nitrogen and oxygen atoms in total. The lowest BCUT2D eigenvalue weighted by atomic mass is 10.1. The number of aliphatic carboxylic acids is 1. The largest absolute Gasteiger partial charge is 0.480 e. The lowest BCUT2D eigenvalue weighted by Gasteiger charge is -2.34. The molecule has 0 aromatic heterocycles. The average Bonchev–Trinajstić information content (AvgIpc) is 2.36. The molecular formula is C10H22N4O4S. The van der Waals surface area contributed by atoms with Crippen molar-refractivity contribution in [2.45, 2.75) is 24.9 Å². The minimum absolute atomic E-state index is 0.300. The maximum Gasteiger partial charge on any atom is 0.321 e. The summed E-state index contributed by atoms with van der Waals surface area (Å²) in [6.45, 7) is 0.562. The molecule has 9 heteroatoms. The molecular weight excluding hydrogens is 272 g/mol. The van der Waals surface area contributed by atoms with Crippen molar-refractivity contribution in [3.8, 4) is 0 Å². The van der Waals surface area contributed by atoms with Gasteiger partial charge in [0.2, 0.25) is 0 Å². The number of carbonyl (C=O) groups is 1. The van der Waals surface area contributed by atoms with E-state index in [-0.39, 0.29) is 6.54 Å². The molecule has 1 heterocycles. The van der Waals surface area contributed by atoms with E-state index >= 15 is 0 Å². The molecule has 1 atom stereocenters. The number of nitrogens with one attached hydrogen (secondary N) is 1. The predicted molar refractivity (Wildman–Crippen MR) is 70.8 cm³/mol. The second-order valence-corrected chi connectivity index (χ2v) is 6.65. The molecule has 1 fully saturated rings. The van der Waals surface area contributed by atoms with Crippen molar-refractivity contribution in [1.82, 2.24) is 13.9 Å². The second kappa shape index (κ2) is 6.62. The van der Waals surface area contributed by atoms with Crippen molar-refractivity contribution in [2.75, 3.05) is 33.7 Å². The number of carboxylic acids is 1. The fourth-order valence-electron chi connectivity index (χ4n) is 1.97. The molecule has 0 bridgehead atoms. The standard InChI is InChI=1S/C10H22N4O4S/c1-13(2)8-3-5-14(6-4-8)19(17,18)12-7-9(11)10(15)16/h8-9,12H,3-7,11H2,1-2H3,(H,15,16). The van der Waals surface area contributed by atoms with Crippen LogP contribution in [-0.2, 0) is 15.0 Å². The molecule has 0 amide bonds. The van der Waals surface area contributed by atoms with Crippen LogP contribution in [0.25, 0.3) is 0 Å². The van der Waals surface area contributed by atoms with E-state index in [4.69, 9.17) is 10.8 Å². The highest BCUT2D eigenvalue weighted by Gasteiger charge is 2.29. The number of hydrogen-bond donors (Lipinski definition) is 3. The number of hydrogen-bond acceptors (Lipinski definition) is 5. The third kappa shape index (κ3) is 4.69. The van der Waals surface area contributed by atoms with Gasteiger partial charge in [-0.2, -0.15) is 17.4 Å². The molecule has 1 aliphatic heterocycles. The third-order valence-electron chi connectivity index (χ3n) is 3.30. The van der Waals surface area contributed by atoms with Gasteiger partial charge < -0.3 is 15.7 Å². The highest BCUT2D eigenvalue weighted by molar-refractivity contribution is 7.87. The number of rotatable bonds is 6. The quantitative estimate of drug-likeness (QED) is 0.535. The molecule has 0 spiro atoms. The van der Waals surface area contributed by atoms with Gasteiger partial charge in [0, 0.05) is 25.7 Å². The first-order valence-corrected chi connectivity index (χ1v) is 7.57. The van der Waals surface area contributed by atoms with Gasteiger partial charge in [0.05, 0.1) is 0 Å². The topological polar surface area (TPSA) is 116 Å². The van der Waals surface area contributed by atoms with Crippen LogP contribution in [0.1, 0.15) is 12.8 Å². The first-order valence-electron chi connectivity index (χ1n) is 6.13. The fourth-order valence-corrected chi connectivity index (χ4v) is 3.24. The fraction of sp³-hybridized carbons (Fsp3) is 0.900. The van der Waals surface area contributed by atoms with Crippen LogP contribution in [0.4, 0.5) is 0 Å². The van der Waals surface area contributed by atoms with Gasteiger partial charge in [-0.3, -0.25) is 4.79 Å². The summed E-state index contributed by atoms with van der Waals surface area (Å²) >= 11 is 0. The van der Waals surface area contributed by atoms with E-state index in [0.29, 0.717) is 19.1 Å². The Morgan fingerprint density at radius 1 is 1.47 bits per heavy atom. The summed E-state index contributed by atoms with van der Waals surface area (Å²) in [4.78, 5) is 12.6. The van der Waals surface area contributed by atoms with Gasteiger partial charge in [0.15, 0.2) is 0 Å². The Balaban J connectivity index is 2.49. The Hall–Kier alpha value is -0.740. The minimum Gasteiger partial charge on any atom is -0.480 e. The zero-order chi connectivity index (χ0) is 14.6. The SMILES string of the molecule is CN(C)C1CCN(S(=O)(=O)NCC(N)C(=O)O)CC1. The van der Waals surface area contributed by atoms with Crippen LogP contribution in [0.15, 0.2) is 0 Å². The highest BCUT2D eigenvalue weighted by Crippen LogP contribution is 2.16. The summed E-state index contributed by atoms with van der Waals surface area (Å²) in [5, 5.41) is 8.61. The van der Waals surface area contributed by atoms with Crippen LogP contribution in [0.3, 0.4) is 0 Å². The lowest BCUT2D eigenvalue weighted by Crippen LogP contribution is -2.51. The molecule has 19 heavy (non-hydrogen) atoms. The summed E-state index contributed by atoms with van der Waals surface area (Å²) < 4.78 is 27.5. The lowest BCUT2D eigenvalue weighted by molar-refractivity contribution is -0.138. The van der Waals surface area contributed by atoms with E-state index in [1.165, 1.54) is 4.31 Å². The minimum atomic E-state index is -3.64. The van der Waals surface area contributed by atoms with E-state index < -0.39 is 22.2 Å². The van der Waals surface area contributed by atoms with Gasteiger partial charge in [-0.15, -0.1) is 0 Å². The second-order valence-electron chi connectivity index (χ2n) is 4.89. The van der Waals surface area contributed by atoms with Gasteiger partial charge in [0.25, 0.3) is 10.2 Å². The molecule has 0 aromatic rings. The summed E-state index contributed by atoms with van der Waals surface area (Å²) in [7, 11) is 0.303. The normalized spacial score (nSPS) is 20.6. The maximum atomic E-state index is 11.9. The summed E-state index contributed by atoms with van der Waals surface area (Å²) in [6, 6.07) is -0.846. The first kappa shape index (κ1) is 16.3. The smallest absolute Gasteiger partial charge is 0.321 e. The van der Waals surface area contributed by atoms with E-state index in [9.17, 15) is 13.2 Å². The number of piperidine rings is 1. The van der Waals surface area contributed by atoms with Crippen LogP contribution in [0.2, 0.25) is 0 Å². The average molecular weight is 294 g/mol. The van der Waals surface area contributed by atoms with Gasteiger partial charge >= 0.3 is 5.97 Å². The summed E-state index contributed by atoms with van der Waals surface area (Å²) in [6.07, 6.45) is 1.53. The van der Waals surface area contributed by atoms with E-state index in [0.717, 1.165) is 12.8 Å². The van der Waals surface area contributed by atoms with Crippen molar-refractivity contribution in [1.29, 1.82) is 0 Å². The molecule has 1 saturated heterocycles. The Morgan fingerprint density at radius 2 is 2.00 bits per heavy atom.